The fraction of sp³-hybridized carbons (Fsp3) is 0.423. The van der Waals surface area contributed by atoms with Crippen LogP contribution >= 0.6 is 0 Å². The second-order valence-corrected chi connectivity index (χ2v) is 7.89. The number of amides is 2. The molecule has 8 heteroatoms. The molecule has 0 unspecified atom stereocenters. The highest BCUT2D eigenvalue weighted by atomic mass is 16.6. The Labute approximate surface area is 200 Å². The minimum absolute atomic E-state index is 0.186. The fourth-order valence-electron chi connectivity index (χ4n) is 3.14. The molecule has 2 rings (SSSR count). The number of rotatable bonds is 14. The molecular formula is C26H34N2O6. The number of nitrogens with one attached hydrogen (secondary N) is 2. The maximum absolute atomic E-state index is 12.1. The van der Waals surface area contributed by atoms with Gasteiger partial charge in [-0.1, -0.05) is 62.2 Å². The summed E-state index contributed by atoms with van der Waals surface area (Å²) in [7, 11) is 0. The Morgan fingerprint density at radius 2 is 1.38 bits per heavy atom. The first-order chi connectivity index (χ1) is 16.5. The van der Waals surface area contributed by atoms with E-state index in [0.29, 0.717) is 30.8 Å². The molecule has 2 aromatic rings. The molecule has 0 spiro atoms. The third kappa shape index (κ3) is 10.4. The molecule has 0 fully saturated rings. The summed E-state index contributed by atoms with van der Waals surface area (Å²) in [4.78, 5) is 34.8. The largest absolute Gasteiger partial charge is 0.462 e. The summed E-state index contributed by atoms with van der Waals surface area (Å²) in [6, 6.07) is 13.4. The highest BCUT2D eigenvalue weighted by Gasteiger charge is 2.07. The Morgan fingerprint density at radius 1 is 0.765 bits per heavy atom. The van der Waals surface area contributed by atoms with Crippen LogP contribution in [0.25, 0.3) is 10.8 Å². The average molecular weight is 471 g/mol. The molecule has 2 aromatic carbocycles. The van der Waals surface area contributed by atoms with Crippen molar-refractivity contribution >= 4 is 28.9 Å². The van der Waals surface area contributed by atoms with Gasteiger partial charge in [0, 0.05) is 30.5 Å². The Hall–Kier alpha value is -3.55. The molecule has 0 atom stereocenters. The Bertz CT molecular complexity index is 954. The average Bonchev–Trinajstić information content (AvgIpc) is 2.82. The van der Waals surface area contributed by atoms with E-state index < -0.39 is 18.2 Å². The molecule has 0 aliphatic heterocycles. The molecule has 184 valence electrons. The number of alkyl carbamates (subject to hydrolysis) is 1. The molecule has 0 saturated carbocycles. The van der Waals surface area contributed by atoms with Crippen LogP contribution in [0.3, 0.4) is 0 Å². The first-order valence-electron chi connectivity index (χ1n) is 11.6. The van der Waals surface area contributed by atoms with Crippen LogP contribution in [0.5, 0.6) is 5.75 Å². The lowest BCUT2D eigenvalue weighted by Crippen LogP contribution is -2.27. The normalized spacial score (nSPS) is 10.4. The monoisotopic (exact) mass is 470 g/mol. The number of fused-ring (bicyclic) bond motifs is 1. The molecule has 0 heterocycles. The number of hydrogen-bond acceptors (Lipinski definition) is 6. The third-order valence-corrected chi connectivity index (χ3v) is 4.95. The summed E-state index contributed by atoms with van der Waals surface area (Å²) in [5.41, 5.74) is 0.342. The SMILES string of the molecule is C=C(C)C(=O)OCCCOC(=O)NCCCCCCCNC(=O)Oc1cccc2ccccc12. The molecule has 0 aliphatic carbocycles. The Morgan fingerprint density at radius 3 is 2.12 bits per heavy atom. The van der Waals surface area contributed by atoms with Crippen molar-refractivity contribution in [2.75, 3.05) is 26.3 Å². The van der Waals surface area contributed by atoms with Gasteiger partial charge in [-0.05, 0) is 31.2 Å². The van der Waals surface area contributed by atoms with Gasteiger partial charge >= 0.3 is 18.2 Å². The third-order valence-electron chi connectivity index (χ3n) is 4.95. The van der Waals surface area contributed by atoms with E-state index in [4.69, 9.17) is 14.2 Å². The van der Waals surface area contributed by atoms with Crippen LogP contribution in [0.1, 0.15) is 45.4 Å². The van der Waals surface area contributed by atoms with Crippen molar-refractivity contribution in [2.45, 2.75) is 45.4 Å². The van der Waals surface area contributed by atoms with E-state index in [-0.39, 0.29) is 13.2 Å². The van der Waals surface area contributed by atoms with E-state index in [2.05, 4.69) is 17.2 Å². The van der Waals surface area contributed by atoms with Gasteiger partial charge in [0.15, 0.2) is 0 Å². The van der Waals surface area contributed by atoms with Crippen LogP contribution in [-0.2, 0) is 14.3 Å². The van der Waals surface area contributed by atoms with E-state index in [0.717, 1.165) is 42.9 Å². The van der Waals surface area contributed by atoms with Crippen LogP contribution in [0, 0.1) is 0 Å². The summed E-state index contributed by atoms with van der Waals surface area (Å²) in [5, 5.41) is 7.41. The quantitative estimate of drug-likeness (QED) is 0.226. The molecule has 2 amide bonds. The highest BCUT2D eigenvalue weighted by Crippen LogP contribution is 2.25. The van der Waals surface area contributed by atoms with Gasteiger partial charge in [-0.3, -0.25) is 0 Å². The predicted molar refractivity (Wildman–Crippen MR) is 131 cm³/mol. The zero-order chi connectivity index (χ0) is 24.6. The lowest BCUT2D eigenvalue weighted by atomic mass is 10.1. The van der Waals surface area contributed by atoms with Crippen molar-refractivity contribution in [1.82, 2.24) is 10.6 Å². The first-order valence-corrected chi connectivity index (χ1v) is 11.6. The summed E-state index contributed by atoms with van der Waals surface area (Å²) in [5.74, 6) is 0.105. The van der Waals surface area contributed by atoms with Gasteiger partial charge in [-0.2, -0.15) is 0 Å². The first kappa shape index (κ1) is 26.7. The molecule has 0 aliphatic rings. The second kappa shape index (κ2) is 15.3. The molecule has 2 N–H and O–H groups in total. The van der Waals surface area contributed by atoms with Crippen molar-refractivity contribution < 1.29 is 28.6 Å². The van der Waals surface area contributed by atoms with E-state index in [9.17, 15) is 14.4 Å². The Kier molecular flexibility index (Phi) is 12.0. The highest BCUT2D eigenvalue weighted by molar-refractivity contribution is 5.90. The van der Waals surface area contributed by atoms with Gasteiger partial charge < -0.3 is 24.8 Å². The standard InChI is InChI=1S/C26H34N2O6/c1-20(2)24(29)32-18-11-19-33-25(30)27-16-8-4-3-5-9-17-28-26(31)34-23-15-10-13-21-12-6-7-14-22(21)23/h6-7,10,12-15H,1,3-5,8-9,11,16-19H2,2H3,(H,27,30)(H,28,31). The zero-order valence-corrected chi connectivity index (χ0v) is 19.8. The maximum Gasteiger partial charge on any atom is 0.412 e. The van der Waals surface area contributed by atoms with Crippen LogP contribution in [0.2, 0.25) is 0 Å². The molecule has 0 bridgehead atoms. The van der Waals surface area contributed by atoms with Crippen molar-refractivity contribution in [2.24, 2.45) is 0 Å². The van der Waals surface area contributed by atoms with Crippen molar-refractivity contribution in [1.29, 1.82) is 0 Å². The summed E-state index contributed by atoms with van der Waals surface area (Å²) in [6.07, 6.45) is 4.17. The summed E-state index contributed by atoms with van der Waals surface area (Å²) < 4.78 is 15.4. The Balaban J connectivity index is 1.42. The van der Waals surface area contributed by atoms with Crippen LogP contribution in [0.4, 0.5) is 9.59 Å². The number of carbonyl (C=O) groups excluding carboxylic acids is 3. The van der Waals surface area contributed by atoms with Gasteiger partial charge in [0.05, 0.1) is 13.2 Å². The lowest BCUT2D eigenvalue weighted by molar-refractivity contribution is -0.139. The van der Waals surface area contributed by atoms with Gasteiger partial charge in [0.25, 0.3) is 0 Å². The maximum atomic E-state index is 12.1. The van der Waals surface area contributed by atoms with Crippen molar-refractivity contribution in [3.8, 4) is 5.75 Å². The summed E-state index contributed by atoms with van der Waals surface area (Å²) in [6.45, 7) is 6.53. The van der Waals surface area contributed by atoms with E-state index in [1.54, 1.807) is 13.0 Å². The number of carbonyl (C=O) groups is 3. The topological polar surface area (TPSA) is 103 Å². The zero-order valence-electron chi connectivity index (χ0n) is 19.8. The molecule has 0 saturated heterocycles. The number of ether oxygens (including phenoxy) is 3. The van der Waals surface area contributed by atoms with Crippen LogP contribution < -0.4 is 15.4 Å². The predicted octanol–water partition coefficient (Wildman–Crippen LogP) is 5.11. The van der Waals surface area contributed by atoms with E-state index >= 15 is 0 Å². The van der Waals surface area contributed by atoms with Crippen molar-refractivity contribution in [3.05, 3.63) is 54.6 Å². The minimum Gasteiger partial charge on any atom is -0.462 e. The molecule has 8 nitrogen and oxygen atoms in total. The molecule has 0 aromatic heterocycles. The number of benzene rings is 2. The van der Waals surface area contributed by atoms with E-state index in [1.807, 2.05) is 36.4 Å². The number of unbranched alkanes of at least 4 members (excludes halogenated alkanes) is 4. The fourth-order valence-corrected chi connectivity index (χ4v) is 3.14. The van der Waals surface area contributed by atoms with Crippen LogP contribution in [-0.4, -0.2) is 44.5 Å². The molecule has 34 heavy (non-hydrogen) atoms. The van der Waals surface area contributed by atoms with Gasteiger partial charge in [-0.15, -0.1) is 0 Å². The van der Waals surface area contributed by atoms with Crippen molar-refractivity contribution in [3.63, 3.8) is 0 Å². The second-order valence-electron chi connectivity index (χ2n) is 7.89. The van der Waals surface area contributed by atoms with Crippen LogP contribution in [0.15, 0.2) is 54.6 Å². The smallest absolute Gasteiger partial charge is 0.412 e. The van der Waals surface area contributed by atoms with Gasteiger partial charge in [-0.25, -0.2) is 14.4 Å². The minimum atomic E-state index is -0.472. The summed E-state index contributed by atoms with van der Waals surface area (Å²) >= 11 is 0. The number of esters is 1. The lowest BCUT2D eigenvalue weighted by Gasteiger charge is -2.09. The molecule has 0 radical (unpaired) electrons. The van der Waals surface area contributed by atoms with Gasteiger partial charge in [0.2, 0.25) is 0 Å². The van der Waals surface area contributed by atoms with E-state index in [1.165, 1.54) is 0 Å². The molecular weight excluding hydrogens is 436 g/mol. The van der Waals surface area contributed by atoms with Gasteiger partial charge in [0.1, 0.15) is 5.75 Å². The number of hydrogen-bond donors (Lipinski definition) is 2.